The number of imide groups is 1. The highest BCUT2D eigenvalue weighted by molar-refractivity contribution is 8.15. The zero-order chi connectivity index (χ0) is 19.8. The van der Waals surface area contributed by atoms with Gasteiger partial charge < -0.3 is 9.64 Å². The predicted molar refractivity (Wildman–Crippen MR) is 116 cm³/mol. The molecular formula is C21H19N3O3S2. The lowest BCUT2D eigenvalue weighted by Crippen LogP contribution is -2.25. The van der Waals surface area contributed by atoms with E-state index < -0.39 is 0 Å². The molecule has 2 aliphatic rings. The van der Waals surface area contributed by atoms with Crippen molar-refractivity contribution in [3.63, 3.8) is 0 Å². The van der Waals surface area contributed by atoms with Gasteiger partial charge in [-0.1, -0.05) is 47.4 Å². The summed E-state index contributed by atoms with van der Waals surface area (Å²) in [7, 11) is 0. The fraction of sp³-hybridized carbons (Fsp3) is 0.286. The SMILES string of the molecule is O=C1NC(=O)C(Cc2ccc(O[C@@H]3CCN(c4nc5ccccc5s4)C3)cc2)S1. The first kappa shape index (κ1) is 18.4. The quantitative estimate of drug-likeness (QED) is 0.670. The fourth-order valence-electron chi connectivity index (χ4n) is 3.63. The Morgan fingerprint density at radius 2 is 1.97 bits per heavy atom. The van der Waals surface area contributed by atoms with Crippen LogP contribution in [0.3, 0.4) is 0 Å². The number of aromatic nitrogens is 1. The van der Waals surface area contributed by atoms with Gasteiger partial charge in [-0.05, 0) is 36.2 Å². The summed E-state index contributed by atoms with van der Waals surface area (Å²) in [4.78, 5) is 30.0. The summed E-state index contributed by atoms with van der Waals surface area (Å²) in [5.74, 6) is 0.616. The lowest BCUT2D eigenvalue weighted by Gasteiger charge is -2.16. The molecule has 5 rings (SSSR count). The predicted octanol–water partition coefficient (Wildman–Crippen LogP) is 3.85. The maximum Gasteiger partial charge on any atom is 0.286 e. The molecule has 2 saturated heterocycles. The van der Waals surface area contributed by atoms with E-state index in [0.717, 1.165) is 53.2 Å². The van der Waals surface area contributed by atoms with Gasteiger partial charge in [0, 0.05) is 13.0 Å². The molecular weight excluding hydrogens is 406 g/mol. The van der Waals surface area contributed by atoms with Crippen LogP contribution in [-0.2, 0) is 11.2 Å². The molecule has 1 unspecified atom stereocenters. The molecule has 3 heterocycles. The molecule has 1 N–H and O–H groups in total. The Bertz CT molecular complexity index is 1030. The van der Waals surface area contributed by atoms with Crippen LogP contribution in [0.15, 0.2) is 48.5 Å². The van der Waals surface area contributed by atoms with Gasteiger partial charge in [0.15, 0.2) is 5.13 Å². The number of thiazole rings is 1. The lowest BCUT2D eigenvalue weighted by atomic mass is 10.1. The first-order valence-electron chi connectivity index (χ1n) is 9.52. The fourth-order valence-corrected chi connectivity index (χ4v) is 5.49. The van der Waals surface area contributed by atoms with E-state index >= 15 is 0 Å². The minimum Gasteiger partial charge on any atom is -0.489 e. The number of hydrogen-bond acceptors (Lipinski definition) is 7. The molecule has 0 aliphatic carbocycles. The van der Waals surface area contributed by atoms with Gasteiger partial charge in [-0.15, -0.1) is 0 Å². The third-order valence-electron chi connectivity index (χ3n) is 5.11. The van der Waals surface area contributed by atoms with E-state index in [-0.39, 0.29) is 22.5 Å². The zero-order valence-electron chi connectivity index (χ0n) is 15.5. The zero-order valence-corrected chi connectivity index (χ0v) is 17.2. The Balaban J connectivity index is 1.19. The second-order valence-corrected chi connectivity index (χ2v) is 9.35. The van der Waals surface area contributed by atoms with E-state index in [4.69, 9.17) is 9.72 Å². The summed E-state index contributed by atoms with van der Waals surface area (Å²) in [5, 5.41) is 2.77. The summed E-state index contributed by atoms with van der Waals surface area (Å²) < 4.78 is 7.37. The molecule has 0 bridgehead atoms. The molecule has 148 valence electrons. The highest BCUT2D eigenvalue weighted by Gasteiger charge is 2.31. The van der Waals surface area contributed by atoms with Crippen molar-refractivity contribution in [1.82, 2.24) is 10.3 Å². The molecule has 2 atom stereocenters. The summed E-state index contributed by atoms with van der Waals surface area (Å²) in [6.07, 6.45) is 1.62. The smallest absolute Gasteiger partial charge is 0.286 e. The number of nitrogens with zero attached hydrogens (tertiary/aromatic N) is 2. The highest BCUT2D eigenvalue weighted by Crippen LogP contribution is 2.31. The van der Waals surface area contributed by atoms with Crippen LogP contribution in [0.4, 0.5) is 9.93 Å². The molecule has 8 heteroatoms. The van der Waals surface area contributed by atoms with E-state index in [9.17, 15) is 9.59 Å². The molecule has 2 aromatic carbocycles. The van der Waals surface area contributed by atoms with E-state index in [2.05, 4.69) is 16.3 Å². The van der Waals surface area contributed by atoms with Crippen molar-refractivity contribution in [3.05, 3.63) is 54.1 Å². The molecule has 2 aliphatic heterocycles. The average molecular weight is 426 g/mol. The molecule has 0 radical (unpaired) electrons. The van der Waals surface area contributed by atoms with Gasteiger partial charge in [-0.3, -0.25) is 14.9 Å². The number of hydrogen-bond donors (Lipinski definition) is 1. The molecule has 0 saturated carbocycles. The summed E-state index contributed by atoms with van der Waals surface area (Å²) in [5.41, 5.74) is 2.06. The number of rotatable bonds is 5. The second kappa shape index (κ2) is 7.68. The number of ether oxygens (including phenoxy) is 1. The largest absolute Gasteiger partial charge is 0.489 e. The van der Waals surface area contributed by atoms with Crippen molar-refractivity contribution in [2.24, 2.45) is 0 Å². The number of thioether (sulfide) groups is 1. The van der Waals surface area contributed by atoms with Gasteiger partial charge in [-0.2, -0.15) is 0 Å². The van der Waals surface area contributed by atoms with Crippen LogP contribution in [0.5, 0.6) is 5.75 Å². The number of amides is 2. The van der Waals surface area contributed by atoms with Crippen LogP contribution in [0.25, 0.3) is 10.2 Å². The number of anilines is 1. The molecule has 0 spiro atoms. The van der Waals surface area contributed by atoms with E-state index in [1.54, 1.807) is 11.3 Å². The standard InChI is InChI=1S/C21H19N3O3S2/c25-19-18(29-21(26)23-19)11-13-5-7-14(8-6-13)27-15-9-10-24(12-15)20-22-16-3-1-2-4-17(16)28-20/h1-8,15,18H,9-12H2,(H,23,25,26)/t15-,18?/m1/s1. The maximum absolute atomic E-state index is 11.7. The third-order valence-corrected chi connectivity index (χ3v) is 7.19. The van der Waals surface area contributed by atoms with Crippen molar-refractivity contribution in [3.8, 4) is 5.75 Å². The Kier molecular flexibility index (Phi) is 4.89. The van der Waals surface area contributed by atoms with Gasteiger partial charge in [-0.25, -0.2) is 4.98 Å². The van der Waals surface area contributed by atoms with E-state index in [0.29, 0.717) is 6.42 Å². The van der Waals surface area contributed by atoms with Crippen LogP contribution in [0, 0.1) is 0 Å². The van der Waals surface area contributed by atoms with Crippen molar-refractivity contribution in [2.75, 3.05) is 18.0 Å². The maximum atomic E-state index is 11.7. The van der Waals surface area contributed by atoms with Crippen LogP contribution < -0.4 is 15.0 Å². The van der Waals surface area contributed by atoms with Gasteiger partial charge in [0.25, 0.3) is 5.24 Å². The Hall–Kier alpha value is -2.58. The minimum atomic E-state index is -0.341. The van der Waals surface area contributed by atoms with Crippen molar-refractivity contribution >= 4 is 49.6 Å². The Morgan fingerprint density at radius 1 is 1.14 bits per heavy atom. The number of para-hydroxylation sites is 1. The van der Waals surface area contributed by atoms with Crippen molar-refractivity contribution in [2.45, 2.75) is 24.2 Å². The summed E-state index contributed by atoms with van der Waals surface area (Å²) >= 11 is 2.78. The van der Waals surface area contributed by atoms with Gasteiger partial charge in [0.2, 0.25) is 5.91 Å². The van der Waals surface area contributed by atoms with Gasteiger partial charge >= 0.3 is 0 Å². The minimum absolute atomic E-state index is 0.127. The molecule has 3 aromatic rings. The van der Waals surface area contributed by atoms with Crippen LogP contribution in [0.1, 0.15) is 12.0 Å². The topological polar surface area (TPSA) is 71.5 Å². The average Bonchev–Trinajstić information content (AvgIpc) is 3.42. The van der Waals surface area contributed by atoms with Crippen LogP contribution in [0.2, 0.25) is 0 Å². The summed E-state index contributed by atoms with van der Waals surface area (Å²) in [6.45, 7) is 1.76. The third kappa shape index (κ3) is 3.95. The summed E-state index contributed by atoms with van der Waals surface area (Å²) in [6, 6.07) is 16.0. The second-order valence-electron chi connectivity index (χ2n) is 7.17. The van der Waals surface area contributed by atoms with E-state index in [1.165, 1.54) is 4.70 Å². The molecule has 2 fully saturated rings. The molecule has 29 heavy (non-hydrogen) atoms. The number of nitrogens with one attached hydrogen (secondary N) is 1. The number of carbonyl (C=O) groups excluding carboxylic acids is 2. The highest BCUT2D eigenvalue weighted by atomic mass is 32.2. The number of benzene rings is 2. The van der Waals surface area contributed by atoms with Crippen molar-refractivity contribution in [1.29, 1.82) is 0 Å². The lowest BCUT2D eigenvalue weighted by molar-refractivity contribution is -0.118. The van der Waals surface area contributed by atoms with Gasteiger partial charge in [0.1, 0.15) is 11.9 Å². The molecule has 2 amide bonds. The van der Waals surface area contributed by atoms with Gasteiger partial charge in [0.05, 0.1) is 22.0 Å². The Morgan fingerprint density at radius 3 is 2.72 bits per heavy atom. The first-order chi connectivity index (χ1) is 14.1. The van der Waals surface area contributed by atoms with Crippen molar-refractivity contribution < 1.29 is 14.3 Å². The molecule has 1 aromatic heterocycles. The van der Waals surface area contributed by atoms with E-state index in [1.807, 2.05) is 42.5 Å². The van der Waals surface area contributed by atoms with Crippen LogP contribution in [-0.4, -0.2) is 40.6 Å². The number of fused-ring (bicyclic) bond motifs is 1. The Labute approximate surface area is 176 Å². The monoisotopic (exact) mass is 425 g/mol. The van der Waals surface area contributed by atoms with Crippen LogP contribution >= 0.6 is 23.1 Å². The first-order valence-corrected chi connectivity index (χ1v) is 11.2. The normalized spacial score (nSPS) is 21.7. The molecule has 6 nitrogen and oxygen atoms in total. The number of carbonyl (C=O) groups is 2.